The van der Waals surface area contributed by atoms with Gasteiger partial charge in [-0.05, 0) is 49.6 Å². The summed E-state index contributed by atoms with van der Waals surface area (Å²) in [4.78, 5) is 21.8. The van der Waals surface area contributed by atoms with Gasteiger partial charge in [-0.3, -0.25) is 9.69 Å². The zero-order valence-electron chi connectivity index (χ0n) is 14.3. The highest BCUT2D eigenvalue weighted by Crippen LogP contribution is 2.32. The van der Waals surface area contributed by atoms with E-state index in [9.17, 15) is 4.79 Å². The van der Waals surface area contributed by atoms with Crippen LogP contribution >= 0.6 is 0 Å². The lowest BCUT2D eigenvalue weighted by Gasteiger charge is -2.26. The molecule has 1 amide bonds. The molecule has 1 unspecified atom stereocenters. The van der Waals surface area contributed by atoms with Crippen LogP contribution in [0, 0.1) is 18.3 Å². The highest BCUT2D eigenvalue weighted by atomic mass is 16.2. The molecule has 3 heterocycles. The van der Waals surface area contributed by atoms with Crippen molar-refractivity contribution in [1.82, 2.24) is 9.88 Å². The Kier molecular flexibility index (Phi) is 3.98. The minimum Gasteiger partial charge on any atom is -0.305 e. The first-order chi connectivity index (χ1) is 12.2. The maximum Gasteiger partial charge on any atom is 0.276 e. The lowest BCUT2D eigenvalue weighted by molar-refractivity contribution is 0.0976. The van der Waals surface area contributed by atoms with Crippen LogP contribution in [0.2, 0.25) is 0 Å². The fourth-order valence-electron chi connectivity index (χ4n) is 3.87. The summed E-state index contributed by atoms with van der Waals surface area (Å²) in [6.07, 6.45) is 3.80. The van der Waals surface area contributed by atoms with Gasteiger partial charge in [0.15, 0.2) is 0 Å². The van der Waals surface area contributed by atoms with Crippen molar-refractivity contribution in [2.45, 2.75) is 32.4 Å². The van der Waals surface area contributed by atoms with Crippen LogP contribution in [-0.2, 0) is 6.54 Å². The number of amides is 1. The van der Waals surface area contributed by atoms with Gasteiger partial charge in [0.05, 0.1) is 5.56 Å². The van der Waals surface area contributed by atoms with Gasteiger partial charge in [0.2, 0.25) is 0 Å². The summed E-state index contributed by atoms with van der Waals surface area (Å²) >= 11 is 0. The number of benzene rings is 1. The molecular formula is C20H20N4O. The van der Waals surface area contributed by atoms with E-state index >= 15 is 0 Å². The monoisotopic (exact) mass is 332 g/mol. The van der Waals surface area contributed by atoms with Crippen molar-refractivity contribution in [2.24, 2.45) is 0 Å². The predicted molar refractivity (Wildman–Crippen MR) is 95.2 cm³/mol. The van der Waals surface area contributed by atoms with Crippen LogP contribution in [0.3, 0.4) is 0 Å². The van der Waals surface area contributed by atoms with Gasteiger partial charge in [-0.2, -0.15) is 5.26 Å². The number of aromatic nitrogens is 1. The summed E-state index contributed by atoms with van der Waals surface area (Å²) in [5.41, 5.74) is 3.86. The van der Waals surface area contributed by atoms with Crippen molar-refractivity contribution in [2.75, 3.05) is 18.0 Å². The second-order valence-corrected chi connectivity index (χ2v) is 6.81. The van der Waals surface area contributed by atoms with E-state index in [2.05, 4.69) is 22.0 Å². The van der Waals surface area contributed by atoms with Crippen molar-refractivity contribution >= 4 is 11.6 Å². The van der Waals surface area contributed by atoms with Crippen LogP contribution in [0.25, 0.3) is 0 Å². The van der Waals surface area contributed by atoms with Gasteiger partial charge in [0, 0.05) is 31.0 Å². The molecule has 0 bridgehead atoms. The molecule has 1 atom stereocenters. The fraction of sp³-hybridized carbons (Fsp3) is 0.350. The van der Waals surface area contributed by atoms with E-state index < -0.39 is 0 Å². The molecule has 2 aliphatic heterocycles. The number of nitriles is 1. The Balaban J connectivity index is 1.74. The molecule has 1 aromatic heterocycles. The van der Waals surface area contributed by atoms with Gasteiger partial charge in [0.25, 0.3) is 5.91 Å². The number of anilines is 1. The van der Waals surface area contributed by atoms with Crippen molar-refractivity contribution in [3.8, 4) is 6.07 Å². The Bertz CT molecular complexity index is 870. The fourth-order valence-corrected chi connectivity index (χ4v) is 3.87. The minimum absolute atomic E-state index is 0.0891. The molecule has 1 saturated heterocycles. The first-order valence-corrected chi connectivity index (χ1v) is 8.68. The quantitative estimate of drug-likeness (QED) is 0.806. The molecule has 4 rings (SSSR count). The summed E-state index contributed by atoms with van der Waals surface area (Å²) in [7, 11) is 0. The highest BCUT2D eigenvalue weighted by molar-refractivity contribution is 6.05. The Morgan fingerprint density at radius 2 is 2.20 bits per heavy atom. The second kappa shape index (κ2) is 6.30. The van der Waals surface area contributed by atoms with Gasteiger partial charge < -0.3 is 4.90 Å². The molecule has 0 aliphatic carbocycles. The van der Waals surface area contributed by atoms with Crippen molar-refractivity contribution in [3.63, 3.8) is 0 Å². The molecule has 0 N–H and O–H groups in total. The molecule has 0 saturated carbocycles. The Hall–Kier alpha value is -2.71. The zero-order valence-corrected chi connectivity index (χ0v) is 14.3. The molecule has 126 valence electrons. The first kappa shape index (κ1) is 15.8. The van der Waals surface area contributed by atoms with E-state index in [0.717, 1.165) is 30.8 Å². The van der Waals surface area contributed by atoms with Gasteiger partial charge in [-0.25, -0.2) is 4.98 Å². The third kappa shape index (κ3) is 2.79. The largest absolute Gasteiger partial charge is 0.305 e. The Labute approximate surface area is 147 Å². The molecule has 2 aliphatic rings. The number of hydrogen-bond donors (Lipinski definition) is 0. The molecule has 2 aromatic rings. The Morgan fingerprint density at radius 1 is 1.36 bits per heavy atom. The number of para-hydroxylation sites is 1. The second-order valence-electron chi connectivity index (χ2n) is 6.81. The summed E-state index contributed by atoms with van der Waals surface area (Å²) in [6.45, 7) is 4.52. The molecule has 0 spiro atoms. The van der Waals surface area contributed by atoms with Crippen LogP contribution in [0.15, 0.2) is 36.5 Å². The molecule has 0 radical (unpaired) electrons. The average Bonchev–Trinajstić information content (AvgIpc) is 3.00. The Morgan fingerprint density at radius 3 is 3.00 bits per heavy atom. The van der Waals surface area contributed by atoms with E-state index in [4.69, 9.17) is 5.26 Å². The van der Waals surface area contributed by atoms with Gasteiger partial charge in [-0.15, -0.1) is 0 Å². The lowest BCUT2D eigenvalue weighted by Crippen LogP contribution is -2.40. The highest BCUT2D eigenvalue weighted by Gasteiger charge is 2.34. The van der Waals surface area contributed by atoms with E-state index in [1.807, 2.05) is 30.0 Å². The number of carbonyl (C=O) groups is 1. The first-order valence-electron chi connectivity index (χ1n) is 8.68. The number of pyridine rings is 1. The number of rotatable bonds is 1. The normalized spacial score (nSPS) is 19.7. The topological polar surface area (TPSA) is 60.2 Å². The molecule has 25 heavy (non-hydrogen) atoms. The molecule has 5 nitrogen and oxygen atoms in total. The number of nitrogens with zero attached hydrogens (tertiary/aromatic N) is 4. The zero-order chi connectivity index (χ0) is 17.4. The summed E-state index contributed by atoms with van der Waals surface area (Å²) in [5.74, 6) is -0.0891. The van der Waals surface area contributed by atoms with E-state index in [1.165, 1.54) is 18.2 Å². The van der Waals surface area contributed by atoms with E-state index in [-0.39, 0.29) is 5.91 Å². The van der Waals surface area contributed by atoms with E-state index in [0.29, 0.717) is 23.8 Å². The van der Waals surface area contributed by atoms with Crippen molar-refractivity contribution < 1.29 is 4.79 Å². The standard InChI is InChI=1S/C20H20N4O/c1-14-9-18(22-11-16(14)10-21)20(25)24-13-17-6-4-8-23(17)12-15-5-2-3-7-19(15)24/h2-3,5,7,9,11,17H,4,6,8,12-13H2,1H3. The third-order valence-electron chi connectivity index (χ3n) is 5.24. The van der Waals surface area contributed by atoms with Gasteiger partial charge in [-0.1, -0.05) is 18.2 Å². The summed E-state index contributed by atoms with van der Waals surface area (Å²) < 4.78 is 0. The minimum atomic E-state index is -0.0891. The van der Waals surface area contributed by atoms with Crippen LogP contribution in [-0.4, -0.2) is 34.9 Å². The lowest BCUT2D eigenvalue weighted by atomic mass is 10.1. The number of aryl methyl sites for hydroxylation is 1. The number of carbonyl (C=O) groups excluding carboxylic acids is 1. The molecule has 1 aromatic carbocycles. The SMILES string of the molecule is Cc1cc(C(=O)N2CC3CCCN3Cc3ccccc32)ncc1C#N. The van der Waals surface area contributed by atoms with Gasteiger partial charge in [0.1, 0.15) is 11.8 Å². The average molecular weight is 332 g/mol. The third-order valence-corrected chi connectivity index (χ3v) is 5.24. The molecule has 5 heteroatoms. The number of hydrogen-bond acceptors (Lipinski definition) is 4. The maximum atomic E-state index is 13.2. The molecular weight excluding hydrogens is 312 g/mol. The van der Waals surface area contributed by atoms with Crippen LogP contribution in [0.1, 0.15) is 40.0 Å². The van der Waals surface area contributed by atoms with Gasteiger partial charge >= 0.3 is 0 Å². The van der Waals surface area contributed by atoms with E-state index in [1.54, 1.807) is 6.07 Å². The number of fused-ring (bicyclic) bond motifs is 2. The predicted octanol–water partition coefficient (Wildman–Crippen LogP) is 2.89. The smallest absolute Gasteiger partial charge is 0.276 e. The van der Waals surface area contributed by atoms with Crippen LogP contribution in [0.5, 0.6) is 0 Å². The van der Waals surface area contributed by atoms with Crippen molar-refractivity contribution in [3.05, 3.63) is 58.9 Å². The molecule has 1 fully saturated rings. The summed E-state index contributed by atoms with van der Waals surface area (Å²) in [5, 5.41) is 9.08. The van der Waals surface area contributed by atoms with Crippen LogP contribution in [0.4, 0.5) is 5.69 Å². The maximum absolute atomic E-state index is 13.2. The van der Waals surface area contributed by atoms with Crippen LogP contribution < -0.4 is 4.90 Å². The van der Waals surface area contributed by atoms with Crippen molar-refractivity contribution in [1.29, 1.82) is 5.26 Å². The summed E-state index contributed by atoms with van der Waals surface area (Å²) in [6, 6.07) is 12.4.